The van der Waals surface area contributed by atoms with Gasteiger partial charge in [0.25, 0.3) is 5.91 Å². The Bertz CT molecular complexity index is 848. The summed E-state index contributed by atoms with van der Waals surface area (Å²) < 4.78 is 6.30. The number of benzene rings is 1. The molecule has 0 spiro atoms. The van der Waals surface area contributed by atoms with Gasteiger partial charge in [0.2, 0.25) is 0 Å². The molecule has 1 atom stereocenters. The van der Waals surface area contributed by atoms with Gasteiger partial charge >= 0.3 is 0 Å². The van der Waals surface area contributed by atoms with Gasteiger partial charge in [0.05, 0.1) is 18.0 Å². The number of hydrogen-bond donors (Lipinski definition) is 2. The maximum Gasteiger partial charge on any atom is 0.273 e. The molecule has 1 unspecified atom stereocenters. The summed E-state index contributed by atoms with van der Waals surface area (Å²) in [5.41, 5.74) is 2.30. The Hall–Kier alpha value is -2.76. The third-order valence-electron chi connectivity index (χ3n) is 3.73. The Kier molecular flexibility index (Phi) is 3.36. The van der Waals surface area contributed by atoms with Crippen molar-refractivity contribution in [1.29, 1.82) is 0 Å². The monoisotopic (exact) mass is 299 g/mol. The van der Waals surface area contributed by atoms with Crippen LogP contribution in [0.5, 0.6) is 0 Å². The zero-order valence-corrected chi connectivity index (χ0v) is 12.6. The van der Waals surface area contributed by atoms with Gasteiger partial charge in [-0.05, 0) is 26.8 Å². The van der Waals surface area contributed by atoms with Gasteiger partial charge in [0, 0.05) is 10.9 Å². The van der Waals surface area contributed by atoms with Crippen molar-refractivity contribution in [2.45, 2.75) is 26.8 Å². The second kappa shape index (κ2) is 5.22. The van der Waals surface area contributed by atoms with Gasteiger partial charge in [-0.15, -0.1) is 0 Å². The first-order valence-corrected chi connectivity index (χ1v) is 7.01. The molecular weight excluding hydrogens is 282 g/mol. The molecule has 2 heterocycles. The number of nitrogens with zero attached hydrogens (tertiary/aromatic N) is 2. The highest BCUT2D eigenvalue weighted by atomic mass is 16.5. The predicted octanol–water partition coefficient (Wildman–Crippen LogP) is 2.97. The zero-order valence-electron chi connectivity index (χ0n) is 12.6. The van der Waals surface area contributed by atoms with Gasteiger partial charge in [0.15, 0.2) is 5.69 Å². The molecule has 3 rings (SSSR count). The largest absolute Gasteiger partial charge is 0.464 e. The average molecular weight is 299 g/mol. The van der Waals surface area contributed by atoms with Gasteiger partial charge in [-0.25, -0.2) is 4.98 Å². The van der Waals surface area contributed by atoms with Crippen molar-refractivity contribution in [3.63, 3.8) is 0 Å². The van der Waals surface area contributed by atoms with Gasteiger partial charge < -0.3 is 14.9 Å². The number of imidazole rings is 1. The minimum atomic E-state index is -0.376. The smallest absolute Gasteiger partial charge is 0.273 e. The van der Waals surface area contributed by atoms with Crippen molar-refractivity contribution in [2.75, 3.05) is 0 Å². The summed E-state index contributed by atoms with van der Waals surface area (Å²) in [4.78, 5) is 16.5. The number of para-hydroxylation sites is 1. The minimum Gasteiger partial charge on any atom is -0.464 e. The van der Waals surface area contributed by atoms with E-state index in [1.54, 1.807) is 20.1 Å². The molecule has 1 amide bonds. The fraction of sp³-hybridized carbons (Fsp3) is 0.250. The van der Waals surface area contributed by atoms with E-state index in [2.05, 4.69) is 10.3 Å². The highest BCUT2D eigenvalue weighted by molar-refractivity contribution is 5.94. The van der Waals surface area contributed by atoms with Crippen LogP contribution in [0.2, 0.25) is 0 Å². The number of furan rings is 1. The lowest BCUT2D eigenvalue weighted by molar-refractivity contribution is 0.0884. The Labute approximate surface area is 127 Å². The number of amides is 1. The molecule has 0 bridgehead atoms. The summed E-state index contributed by atoms with van der Waals surface area (Å²) in [6, 6.07) is 7.39. The SMILES string of the molecule is Cc1nc(C)n(O)c1C(=O)NC(C)c1coc2ccccc12. The van der Waals surface area contributed by atoms with Crippen LogP contribution in [0.3, 0.4) is 0 Å². The topological polar surface area (TPSA) is 80.3 Å². The molecule has 6 nitrogen and oxygen atoms in total. The maximum absolute atomic E-state index is 12.4. The molecule has 0 aliphatic rings. The lowest BCUT2D eigenvalue weighted by Crippen LogP contribution is -2.29. The molecule has 3 aromatic rings. The van der Waals surface area contributed by atoms with Gasteiger partial charge in [0.1, 0.15) is 11.4 Å². The summed E-state index contributed by atoms with van der Waals surface area (Å²) in [6.45, 7) is 5.19. The van der Waals surface area contributed by atoms with Gasteiger partial charge in [-0.1, -0.05) is 18.2 Å². The molecular formula is C16H17N3O3. The quantitative estimate of drug-likeness (QED) is 0.729. The first kappa shape index (κ1) is 14.2. The molecule has 0 saturated carbocycles. The molecule has 0 saturated heterocycles. The van der Waals surface area contributed by atoms with Crippen molar-refractivity contribution in [3.8, 4) is 0 Å². The first-order chi connectivity index (χ1) is 10.5. The normalized spacial score (nSPS) is 12.5. The molecule has 0 aliphatic carbocycles. The van der Waals surface area contributed by atoms with Crippen LogP contribution in [0.4, 0.5) is 0 Å². The van der Waals surface area contributed by atoms with Crippen molar-refractivity contribution in [3.05, 3.63) is 53.3 Å². The summed E-state index contributed by atoms with van der Waals surface area (Å²) in [7, 11) is 0. The van der Waals surface area contributed by atoms with E-state index in [0.29, 0.717) is 11.5 Å². The molecule has 1 aromatic carbocycles. The highest BCUT2D eigenvalue weighted by Crippen LogP contribution is 2.26. The first-order valence-electron chi connectivity index (χ1n) is 7.01. The Balaban J connectivity index is 1.88. The van der Waals surface area contributed by atoms with Crippen LogP contribution in [0.15, 0.2) is 34.9 Å². The number of aromatic nitrogens is 2. The fourth-order valence-electron chi connectivity index (χ4n) is 2.59. The maximum atomic E-state index is 12.4. The number of nitrogens with one attached hydrogen (secondary N) is 1. The number of fused-ring (bicyclic) bond motifs is 1. The Morgan fingerprint density at radius 2 is 2.09 bits per heavy atom. The van der Waals surface area contributed by atoms with Crippen molar-refractivity contribution < 1.29 is 14.4 Å². The average Bonchev–Trinajstić information content (AvgIpc) is 3.00. The number of carbonyl (C=O) groups is 1. The summed E-state index contributed by atoms with van der Waals surface area (Å²) >= 11 is 0. The highest BCUT2D eigenvalue weighted by Gasteiger charge is 2.22. The summed E-state index contributed by atoms with van der Waals surface area (Å²) in [5.74, 6) is 0.00226. The van der Waals surface area contributed by atoms with Gasteiger partial charge in [-0.3, -0.25) is 4.79 Å². The summed E-state index contributed by atoms with van der Waals surface area (Å²) in [5, 5.41) is 13.7. The lowest BCUT2D eigenvalue weighted by Gasteiger charge is -2.13. The van der Waals surface area contributed by atoms with E-state index in [4.69, 9.17) is 4.42 Å². The number of rotatable bonds is 3. The Morgan fingerprint density at radius 3 is 2.77 bits per heavy atom. The van der Waals surface area contributed by atoms with Crippen LogP contribution in [0.1, 0.15) is 40.5 Å². The molecule has 0 fully saturated rings. The molecule has 0 aliphatic heterocycles. The van der Waals surface area contributed by atoms with Crippen LogP contribution >= 0.6 is 0 Å². The van der Waals surface area contributed by atoms with E-state index in [1.165, 1.54) is 0 Å². The van der Waals surface area contributed by atoms with Crippen LogP contribution in [-0.4, -0.2) is 20.8 Å². The van der Waals surface area contributed by atoms with E-state index in [0.717, 1.165) is 21.3 Å². The van der Waals surface area contributed by atoms with Crippen molar-refractivity contribution in [2.24, 2.45) is 0 Å². The van der Waals surface area contributed by atoms with E-state index in [1.807, 2.05) is 31.2 Å². The third-order valence-corrected chi connectivity index (χ3v) is 3.73. The van der Waals surface area contributed by atoms with Crippen LogP contribution in [0, 0.1) is 13.8 Å². The van der Waals surface area contributed by atoms with Crippen molar-refractivity contribution in [1.82, 2.24) is 15.0 Å². The summed E-state index contributed by atoms with van der Waals surface area (Å²) in [6.07, 6.45) is 1.64. The number of aryl methyl sites for hydroxylation is 2. The van der Waals surface area contributed by atoms with Crippen LogP contribution < -0.4 is 5.32 Å². The third kappa shape index (κ3) is 2.22. The zero-order chi connectivity index (χ0) is 15.9. The molecule has 0 radical (unpaired) electrons. The molecule has 114 valence electrons. The molecule has 6 heteroatoms. The van der Waals surface area contributed by atoms with Crippen LogP contribution in [-0.2, 0) is 0 Å². The standard InChI is InChI=1S/C16H17N3O3/c1-9(13-8-22-14-7-5-4-6-12(13)14)18-16(20)15-10(2)17-11(3)19(15)21/h4-9,21H,1-3H3,(H,18,20). The minimum absolute atomic E-state index is 0.150. The van der Waals surface area contributed by atoms with Crippen LogP contribution in [0.25, 0.3) is 11.0 Å². The fourth-order valence-corrected chi connectivity index (χ4v) is 2.59. The van der Waals surface area contributed by atoms with E-state index in [9.17, 15) is 10.0 Å². The van der Waals surface area contributed by atoms with Crippen molar-refractivity contribution >= 4 is 16.9 Å². The molecule has 22 heavy (non-hydrogen) atoms. The molecule has 2 N–H and O–H groups in total. The van der Waals surface area contributed by atoms with E-state index < -0.39 is 0 Å². The second-order valence-electron chi connectivity index (χ2n) is 5.29. The predicted molar refractivity (Wildman–Crippen MR) is 81.0 cm³/mol. The molecule has 2 aromatic heterocycles. The number of hydrogen-bond acceptors (Lipinski definition) is 4. The Morgan fingerprint density at radius 1 is 1.36 bits per heavy atom. The lowest BCUT2D eigenvalue weighted by atomic mass is 10.1. The van der Waals surface area contributed by atoms with E-state index in [-0.39, 0.29) is 17.6 Å². The number of carbonyl (C=O) groups excluding carboxylic acids is 1. The van der Waals surface area contributed by atoms with Gasteiger partial charge in [-0.2, -0.15) is 4.73 Å². The van der Waals surface area contributed by atoms with E-state index >= 15 is 0 Å². The second-order valence-corrected chi connectivity index (χ2v) is 5.29.